The molecule has 1 saturated heterocycles. The first-order valence-corrected chi connectivity index (χ1v) is 12.2. The third-order valence-electron chi connectivity index (χ3n) is 5.68. The summed E-state index contributed by atoms with van der Waals surface area (Å²) in [5.41, 5.74) is 2.87. The number of anilines is 1. The van der Waals surface area contributed by atoms with Crippen LogP contribution in [0.4, 0.5) is 5.69 Å². The Morgan fingerprint density at radius 1 is 0.839 bits per heavy atom. The van der Waals surface area contributed by atoms with Crippen LogP contribution < -0.4 is 4.72 Å². The van der Waals surface area contributed by atoms with E-state index in [-0.39, 0.29) is 4.90 Å². The number of furan rings is 1. The zero-order valence-corrected chi connectivity index (χ0v) is 18.6. The second-order valence-corrected chi connectivity index (χ2v) is 9.61. The van der Waals surface area contributed by atoms with Gasteiger partial charge in [0.05, 0.1) is 17.7 Å². The van der Waals surface area contributed by atoms with Crippen molar-refractivity contribution < 1.29 is 12.8 Å². The Hall–Kier alpha value is -2.61. The van der Waals surface area contributed by atoms with Gasteiger partial charge in [0, 0.05) is 38.4 Å². The normalized spacial score (nSPS) is 15.8. The second-order valence-electron chi connectivity index (χ2n) is 7.93. The highest BCUT2D eigenvalue weighted by Crippen LogP contribution is 2.19. The molecule has 7 heteroatoms. The molecule has 1 fully saturated rings. The number of hydrogen-bond acceptors (Lipinski definition) is 5. The fourth-order valence-corrected chi connectivity index (χ4v) is 4.84. The van der Waals surface area contributed by atoms with E-state index in [2.05, 4.69) is 14.5 Å². The molecular weight excluding hydrogens is 410 g/mol. The highest BCUT2D eigenvalue weighted by molar-refractivity contribution is 7.92. The quantitative estimate of drug-likeness (QED) is 0.576. The molecule has 1 N–H and O–H groups in total. The Balaban J connectivity index is 1.29. The van der Waals surface area contributed by atoms with Crippen molar-refractivity contribution in [3.05, 3.63) is 83.8 Å². The Bertz CT molecular complexity index is 1050. The van der Waals surface area contributed by atoms with Crippen molar-refractivity contribution in [1.82, 2.24) is 9.80 Å². The Kier molecular flexibility index (Phi) is 6.75. The average Bonchev–Trinajstić information content (AvgIpc) is 3.29. The van der Waals surface area contributed by atoms with Crippen LogP contribution in [0.1, 0.15) is 23.8 Å². The van der Waals surface area contributed by atoms with E-state index in [1.807, 2.05) is 55.5 Å². The monoisotopic (exact) mass is 439 g/mol. The van der Waals surface area contributed by atoms with Crippen molar-refractivity contribution in [1.29, 1.82) is 0 Å². The first-order chi connectivity index (χ1) is 15.0. The largest absolute Gasteiger partial charge is 0.468 e. The van der Waals surface area contributed by atoms with Gasteiger partial charge in [0.15, 0.2) is 0 Å². The topological polar surface area (TPSA) is 65.8 Å². The number of hydrogen-bond donors (Lipinski definition) is 1. The van der Waals surface area contributed by atoms with Crippen LogP contribution in [0.15, 0.2) is 76.2 Å². The lowest BCUT2D eigenvalue weighted by Gasteiger charge is -2.34. The maximum atomic E-state index is 12.6. The highest BCUT2D eigenvalue weighted by Gasteiger charge is 2.18. The average molecular weight is 440 g/mol. The Labute approximate surface area is 184 Å². The molecule has 1 aromatic heterocycles. The summed E-state index contributed by atoms with van der Waals surface area (Å²) >= 11 is 0. The molecule has 0 atom stereocenters. The number of rotatable bonds is 8. The zero-order valence-electron chi connectivity index (χ0n) is 17.8. The second kappa shape index (κ2) is 9.68. The third-order valence-corrected chi connectivity index (χ3v) is 7.08. The predicted molar refractivity (Wildman–Crippen MR) is 122 cm³/mol. The van der Waals surface area contributed by atoms with Crippen LogP contribution in [0.3, 0.4) is 0 Å². The van der Waals surface area contributed by atoms with Crippen molar-refractivity contribution in [3.63, 3.8) is 0 Å². The lowest BCUT2D eigenvalue weighted by atomic mass is 10.2. The van der Waals surface area contributed by atoms with Crippen LogP contribution in [0, 0.1) is 0 Å². The number of piperazine rings is 1. The van der Waals surface area contributed by atoms with E-state index in [0.29, 0.717) is 5.69 Å². The summed E-state index contributed by atoms with van der Waals surface area (Å²) in [5.74, 6) is 1.01. The Morgan fingerprint density at radius 2 is 1.45 bits per heavy atom. The van der Waals surface area contributed by atoms with Crippen molar-refractivity contribution in [2.75, 3.05) is 30.9 Å². The van der Waals surface area contributed by atoms with Gasteiger partial charge in [-0.15, -0.1) is 0 Å². The summed E-state index contributed by atoms with van der Waals surface area (Å²) < 4.78 is 33.3. The van der Waals surface area contributed by atoms with Gasteiger partial charge in [0.1, 0.15) is 5.76 Å². The molecule has 0 unspecified atom stereocenters. The molecule has 4 rings (SSSR count). The number of benzene rings is 2. The summed E-state index contributed by atoms with van der Waals surface area (Å²) in [6, 6.07) is 18.6. The molecule has 0 aliphatic carbocycles. The van der Waals surface area contributed by atoms with Gasteiger partial charge >= 0.3 is 0 Å². The van der Waals surface area contributed by atoms with E-state index in [4.69, 9.17) is 4.42 Å². The molecule has 0 amide bonds. The van der Waals surface area contributed by atoms with E-state index in [0.717, 1.165) is 57.0 Å². The van der Waals surface area contributed by atoms with E-state index in [9.17, 15) is 8.42 Å². The number of nitrogens with one attached hydrogen (secondary N) is 1. The van der Waals surface area contributed by atoms with Gasteiger partial charge in [-0.2, -0.15) is 0 Å². The molecule has 0 bridgehead atoms. The summed E-state index contributed by atoms with van der Waals surface area (Å²) in [7, 11) is -3.58. The molecule has 2 aromatic carbocycles. The van der Waals surface area contributed by atoms with E-state index in [1.165, 1.54) is 5.56 Å². The van der Waals surface area contributed by atoms with Crippen molar-refractivity contribution in [2.24, 2.45) is 0 Å². The molecule has 0 saturated carbocycles. The summed E-state index contributed by atoms with van der Waals surface area (Å²) in [6.07, 6.45) is 2.60. The van der Waals surface area contributed by atoms with Crippen LogP contribution in [0.2, 0.25) is 0 Å². The molecule has 0 spiro atoms. The summed E-state index contributed by atoms with van der Waals surface area (Å²) in [6.45, 7) is 7.79. The maximum Gasteiger partial charge on any atom is 0.261 e. The van der Waals surface area contributed by atoms with Crippen LogP contribution in [-0.2, 0) is 29.5 Å². The predicted octanol–water partition coefficient (Wildman–Crippen LogP) is 3.96. The fraction of sp³-hybridized carbons (Fsp3) is 0.333. The molecule has 1 aliphatic heterocycles. The molecule has 0 radical (unpaired) electrons. The standard InChI is InChI=1S/C24H29N3O3S/c1-2-20-7-11-24(12-8-20)31(28,29)25-22-9-5-21(6-10-22)18-26-13-15-27(16-14-26)19-23-4-3-17-30-23/h3-12,17,25H,2,13-16,18-19H2,1H3. The summed E-state index contributed by atoms with van der Waals surface area (Å²) in [4.78, 5) is 5.11. The first kappa shape index (κ1) is 21.6. The minimum absolute atomic E-state index is 0.279. The van der Waals surface area contributed by atoms with Gasteiger partial charge < -0.3 is 4.42 Å². The van der Waals surface area contributed by atoms with Crippen LogP contribution in [-0.4, -0.2) is 44.4 Å². The lowest BCUT2D eigenvalue weighted by molar-refractivity contribution is 0.116. The van der Waals surface area contributed by atoms with Crippen molar-refractivity contribution >= 4 is 15.7 Å². The number of sulfonamides is 1. The lowest BCUT2D eigenvalue weighted by Crippen LogP contribution is -2.45. The maximum absolute atomic E-state index is 12.6. The van der Waals surface area contributed by atoms with Gasteiger partial charge in [-0.25, -0.2) is 8.42 Å². The smallest absolute Gasteiger partial charge is 0.261 e. The highest BCUT2D eigenvalue weighted by atomic mass is 32.2. The van der Waals surface area contributed by atoms with Crippen LogP contribution in [0.25, 0.3) is 0 Å². The minimum Gasteiger partial charge on any atom is -0.468 e. The van der Waals surface area contributed by atoms with E-state index < -0.39 is 10.0 Å². The van der Waals surface area contributed by atoms with Gasteiger partial charge in [-0.3, -0.25) is 14.5 Å². The number of aryl methyl sites for hydroxylation is 1. The fourth-order valence-electron chi connectivity index (χ4n) is 3.78. The van der Waals surface area contributed by atoms with Gasteiger partial charge in [-0.1, -0.05) is 31.2 Å². The van der Waals surface area contributed by atoms with E-state index in [1.54, 1.807) is 18.4 Å². The van der Waals surface area contributed by atoms with Crippen molar-refractivity contribution in [2.45, 2.75) is 31.3 Å². The molecule has 164 valence electrons. The van der Waals surface area contributed by atoms with Crippen LogP contribution in [0.5, 0.6) is 0 Å². The van der Waals surface area contributed by atoms with Crippen molar-refractivity contribution in [3.8, 4) is 0 Å². The first-order valence-electron chi connectivity index (χ1n) is 10.7. The summed E-state index contributed by atoms with van der Waals surface area (Å²) in [5, 5.41) is 0. The van der Waals surface area contributed by atoms with E-state index >= 15 is 0 Å². The number of nitrogens with zero attached hydrogens (tertiary/aromatic N) is 2. The molecule has 1 aliphatic rings. The molecule has 3 aromatic rings. The third kappa shape index (κ3) is 5.76. The van der Waals surface area contributed by atoms with Crippen LogP contribution >= 0.6 is 0 Å². The van der Waals surface area contributed by atoms with Gasteiger partial charge in [-0.05, 0) is 53.9 Å². The SMILES string of the molecule is CCc1ccc(S(=O)(=O)Nc2ccc(CN3CCN(Cc4ccco4)CC3)cc2)cc1. The Morgan fingerprint density at radius 3 is 2.03 bits per heavy atom. The molecular formula is C24H29N3O3S. The minimum atomic E-state index is -3.58. The zero-order chi connectivity index (χ0) is 21.7. The van der Waals surface area contributed by atoms with Gasteiger partial charge in [0.25, 0.3) is 10.0 Å². The molecule has 6 nitrogen and oxygen atoms in total. The van der Waals surface area contributed by atoms with Gasteiger partial charge in [0.2, 0.25) is 0 Å². The molecule has 2 heterocycles. The molecule has 31 heavy (non-hydrogen) atoms.